The highest BCUT2D eigenvalue weighted by molar-refractivity contribution is 5.96. The maximum absolute atomic E-state index is 12.3. The predicted octanol–water partition coefficient (Wildman–Crippen LogP) is 3.73. The molecule has 3 aromatic rings. The van der Waals surface area contributed by atoms with Crippen LogP contribution in [0.15, 0.2) is 72.8 Å². The Morgan fingerprint density at radius 3 is 2.00 bits per heavy atom. The topological polar surface area (TPSA) is 105 Å². The van der Waals surface area contributed by atoms with E-state index >= 15 is 0 Å². The van der Waals surface area contributed by atoms with E-state index < -0.39 is 12.0 Å². The first-order valence-corrected chi connectivity index (χ1v) is 8.94. The van der Waals surface area contributed by atoms with Crippen molar-refractivity contribution in [2.24, 2.45) is 5.73 Å². The summed E-state index contributed by atoms with van der Waals surface area (Å²) in [4.78, 5) is 23.4. The molecular formula is C23H19N3O3. The van der Waals surface area contributed by atoms with Gasteiger partial charge >= 0.3 is 0 Å². The van der Waals surface area contributed by atoms with Crippen molar-refractivity contribution in [2.45, 2.75) is 13.0 Å². The third kappa shape index (κ3) is 4.99. The molecule has 3 N–H and O–H groups in total. The number of primary amides is 1. The molecule has 0 heterocycles. The molecule has 2 amide bonds. The number of nitrogens with zero attached hydrogens (tertiary/aromatic N) is 1. The van der Waals surface area contributed by atoms with E-state index in [2.05, 4.69) is 11.4 Å². The van der Waals surface area contributed by atoms with Crippen molar-refractivity contribution < 1.29 is 14.3 Å². The summed E-state index contributed by atoms with van der Waals surface area (Å²) in [6, 6.07) is 23.1. The van der Waals surface area contributed by atoms with Crippen LogP contribution in [-0.2, 0) is 4.79 Å². The van der Waals surface area contributed by atoms with Crippen LogP contribution in [0.1, 0.15) is 22.8 Å². The molecule has 0 aliphatic heterocycles. The maximum atomic E-state index is 12.3. The molecule has 0 saturated heterocycles. The Morgan fingerprint density at radius 2 is 1.48 bits per heavy atom. The molecule has 1 atom stereocenters. The van der Waals surface area contributed by atoms with Gasteiger partial charge in [-0.3, -0.25) is 9.59 Å². The highest BCUT2D eigenvalue weighted by Crippen LogP contribution is 2.23. The van der Waals surface area contributed by atoms with E-state index in [0.29, 0.717) is 22.6 Å². The number of carbonyl (C=O) groups is 2. The SMILES string of the molecule is C[C@@H](Oc1ccc(-c2ccc(C#N)cc2)cc1)C(=O)Nc1ccc(C(N)=O)cc1. The fourth-order valence-electron chi connectivity index (χ4n) is 2.68. The molecule has 0 saturated carbocycles. The van der Waals surface area contributed by atoms with E-state index in [1.165, 1.54) is 0 Å². The zero-order valence-electron chi connectivity index (χ0n) is 15.8. The summed E-state index contributed by atoms with van der Waals surface area (Å²) in [5.41, 5.74) is 8.69. The first kappa shape index (κ1) is 19.6. The lowest BCUT2D eigenvalue weighted by atomic mass is 10.0. The highest BCUT2D eigenvalue weighted by atomic mass is 16.5. The van der Waals surface area contributed by atoms with Gasteiger partial charge in [-0.25, -0.2) is 0 Å². The Balaban J connectivity index is 1.60. The van der Waals surface area contributed by atoms with Gasteiger partial charge in [-0.1, -0.05) is 24.3 Å². The van der Waals surface area contributed by atoms with Crippen LogP contribution in [0.2, 0.25) is 0 Å². The normalized spacial score (nSPS) is 11.2. The quantitative estimate of drug-likeness (QED) is 0.674. The van der Waals surface area contributed by atoms with E-state index in [1.807, 2.05) is 24.3 Å². The van der Waals surface area contributed by atoms with Crippen molar-refractivity contribution in [3.63, 3.8) is 0 Å². The number of carbonyl (C=O) groups excluding carboxylic acids is 2. The molecule has 6 heteroatoms. The second-order valence-electron chi connectivity index (χ2n) is 6.40. The number of benzene rings is 3. The Labute approximate surface area is 168 Å². The van der Waals surface area contributed by atoms with Crippen LogP contribution in [0.5, 0.6) is 5.75 Å². The molecule has 0 aliphatic carbocycles. The van der Waals surface area contributed by atoms with E-state index in [4.69, 9.17) is 15.7 Å². The second kappa shape index (κ2) is 8.72. The lowest BCUT2D eigenvalue weighted by Gasteiger charge is -2.15. The van der Waals surface area contributed by atoms with E-state index in [9.17, 15) is 9.59 Å². The minimum atomic E-state index is -0.716. The number of amides is 2. The second-order valence-corrected chi connectivity index (χ2v) is 6.40. The van der Waals surface area contributed by atoms with Crippen molar-refractivity contribution in [3.8, 4) is 22.9 Å². The third-order valence-corrected chi connectivity index (χ3v) is 4.32. The monoisotopic (exact) mass is 385 g/mol. The van der Waals surface area contributed by atoms with Gasteiger partial charge in [0, 0.05) is 11.3 Å². The molecule has 144 valence electrons. The standard InChI is InChI=1S/C23H19N3O3/c1-15(23(28)26-20-10-6-19(7-11-20)22(25)27)29-21-12-8-18(9-13-21)17-4-2-16(14-24)3-5-17/h2-13,15H,1H3,(H2,25,27)(H,26,28)/t15-/m1/s1. The van der Waals surface area contributed by atoms with Crippen molar-refractivity contribution in [1.29, 1.82) is 5.26 Å². The van der Waals surface area contributed by atoms with E-state index in [1.54, 1.807) is 55.5 Å². The molecule has 0 bridgehead atoms. The summed E-state index contributed by atoms with van der Waals surface area (Å²) in [6.45, 7) is 1.65. The molecular weight excluding hydrogens is 366 g/mol. The Bertz CT molecular complexity index is 1050. The van der Waals surface area contributed by atoms with E-state index in [0.717, 1.165) is 11.1 Å². The van der Waals surface area contributed by atoms with Crippen LogP contribution < -0.4 is 15.8 Å². The lowest BCUT2D eigenvalue weighted by Crippen LogP contribution is -2.30. The smallest absolute Gasteiger partial charge is 0.265 e. The Morgan fingerprint density at radius 1 is 0.931 bits per heavy atom. The van der Waals surface area contributed by atoms with Gasteiger partial charge in [0.05, 0.1) is 11.6 Å². The average molecular weight is 385 g/mol. The van der Waals surface area contributed by atoms with Crippen molar-refractivity contribution >= 4 is 17.5 Å². The number of nitriles is 1. The maximum Gasteiger partial charge on any atom is 0.265 e. The fraction of sp³-hybridized carbons (Fsp3) is 0.0870. The zero-order valence-corrected chi connectivity index (χ0v) is 15.8. The summed E-state index contributed by atoms with van der Waals surface area (Å²) < 4.78 is 5.71. The van der Waals surface area contributed by atoms with Gasteiger partial charge in [0.2, 0.25) is 5.91 Å². The molecule has 3 aromatic carbocycles. The number of hydrogen-bond acceptors (Lipinski definition) is 4. The third-order valence-electron chi connectivity index (χ3n) is 4.32. The molecule has 29 heavy (non-hydrogen) atoms. The molecule has 0 fully saturated rings. The van der Waals surface area contributed by atoms with Crippen molar-refractivity contribution in [1.82, 2.24) is 0 Å². The van der Waals surface area contributed by atoms with Crippen LogP contribution in [0.3, 0.4) is 0 Å². The number of nitrogens with two attached hydrogens (primary N) is 1. The number of hydrogen-bond donors (Lipinski definition) is 2. The molecule has 6 nitrogen and oxygen atoms in total. The number of nitrogens with one attached hydrogen (secondary N) is 1. The predicted molar refractivity (Wildman–Crippen MR) is 110 cm³/mol. The van der Waals surface area contributed by atoms with Gasteiger partial charge < -0.3 is 15.8 Å². The summed E-state index contributed by atoms with van der Waals surface area (Å²) in [5.74, 6) is -0.272. The molecule has 0 unspecified atom stereocenters. The van der Waals surface area contributed by atoms with Gasteiger partial charge in [0.25, 0.3) is 5.91 Å². The molecule has 0 radical (unpaired) electrons. The summed E-state index contributed by atoms with van der Waals surface area (Å²) in [7, 11) is 0. The summed E-state index contributed by atoms with van der Waals surface area (Å²) in [5, 5.41) is 11.6. The van der Waals surface area contributed by atoms with Crippen LogP contribution in [-0.4, -0.2) is 17.9 Å². The van der Waals surface area contributed by atoms with Gasteiger partial charge in [-0.15, -0.1) is 0 Å². The largest absolute Gasteiger partial charge is 0.481 e. The zero-order chi connectivity index (χ0) is 20.8. The van der Waals surface area contributed by atoms with Gasteiger partial charge in [0.1, 0.15) is 5.75 Å². The van der Waals surface area contributed by atoms with Gasteiger partial charge in [-0.2, -0.15) is 5.26 Å². The average Bonchev–Trinajstić information content (AvgIpc) is 2.74. The summed E-state index contributed by atoms with van der Waals surface area (Å²) in [6.07, 6.45) is -0.716. The highest BCUT2D eigenvalue weighted by Gasteiger charge is 2.15. The van der Waals surface area contributed by atoms with E-state index in [-0.39, 0.29) is 5.91 Å². The molecule has 3 rings (SSSR count). The fourth-order valence-corrected chi connectivity index (χ4v) is 2.68. The molecule has 0 aliphatic rings. The molecule has 0 spiro atoms. The minimum absolute atomic E-state index is 0.312. The minimum Gasteiger partial charge on any atom is -0.481 e. The first-order valence-electron chi connectivity index (χ1n) is 8.94. The van der Waals surface area contributed by atoms with Crippen LogP contribution >= 0.6 is 0 Å². The van der Waals surface area contributed by atoms with Gasteiger partial charge in [-0.05, 0) is 66.6 Å². The van der Waals surface area contributed by atoms with Crippen LogP contribution in [0.25, 0.3) is 11.1 Å². The van der Waals surface area contributed by atoms with Gasteiger partial charge in [0.15, 0.2) is 6.10 Å². The number of anilines is 1. The number of rotatable bonds is 6. The lowest BCUT2D eigenvalue weighted by molar-refractivity contribution is -0.122. The van der Waals surface area contributed by atoms with Crippen LogP contribution in [0, 0.1) is 11.3 Å². The van der Waals surface area contributed by atoms with Crippen LogP contribution in [0.4, 0.5) is 5.69 Å². The molecule has 0 aromatic heterocycles. The Kier molecular flexibility index (Phi) is 5.91. The van der Waals surface area contributed by atoms with Crippen molar-refractivity contribution in [3.05, 3.63) is 83.9 Å². The number of ether oxygens (including phenoxy) is 1. The first-order chi connectivity index (χ1) is 14.0. The van der Waals surface area contributed by atoms with Crippen molar-refractivity contribution in [2.75, 3.05) is 5.32 Å². The summed E-state index contributed by atoms with van der Waals surface area (Å²) >= 11 is 0. The Hall–Kier alpha value is -4.11.